The van der Waals surface area contributed by atoms with Crippen molar-refractivity contribution in [2.45, 2.75) is 31.8 Å². The van der Waals surface area contributed by atoms with Crippen molar-refractivity contribution in [3.63, 3.8) is 0 Å². The summed E-state index contributed by atoms with van der Waals surface area (Å²) in [6, 6.07) is 10.0. The molecule has 1 aliphatic carbocycles. The highest BCUT2D eigenvalue weighted by molar-refractivity contribution is 5.76. The lowest BCUT2D eigenvalue weighted by molar-refractivity contribution is -0.133. The minimum absolute atomic E-state index is 0.0296. The molecule has 1 heterocycles. The van der Waals surface area contributed by atoms with Crippen LogP contribution in [0.3, 0.4) is 0 Å². The Bertz CT molecular complexity index is 738. The number of benzene rings is 1. The molecule has 1 atom stereocenters. The maximum Gasteiger partial charge on any atom is 0.347 e. The summed E-state index contributed by atoms with van der Waals surface area (Å²) in [6.07, 6.45) is 6.13. The largest absolute Gasteiger partial charge is 0.347 e. The summed E-state index contributed by atoms with van der Waals surface area (Å²) < 4.78 is 1.34. The lowest BCUT2D eigenvalue weighted by Gasteiger charge is -2.33. The topological polar surface area (TPSA) is 55.2 Å². The van der Waals surface area contributed by atoms with Gasteiger partial charge in [-0.1, -0.05) is 24.3 Å². The molecule has 0 radical (unpaired) electrons. The van der Waals surface area contributed by atoms with Gasteiger partial charge in [-0.15, -0.1) is 0 Å². The van der Waals surface area contributed by atoms with Gasteiger partial charge in [0, 0.05) is 19.4 Å². The highest BCUT2D eigenvalue weighted by Gasteiger charge is 2.26. The molecule has 0 saturated carbocycles. The van der Waals surface area contributed by atoms with E-state index in [1.165, 1.54) is 21.9 Å². The molecule has 3 rings (SSSR count). The van der Waals surface area contributed by atoms with Gasteiger partial charge < -0.3 is 4.90 Å². The van der Waals surface area contributed by atoms with Gasteiger partial charge in [-0.3, -0.25) is 9.36 Å². The second-order valence-corrected chi connectivity index (χ2v) is 5.64. The monoisotopic (exact) mass is 297 g/mol. The van der Waals surface area contributed by atoms with E-state index in [0.717, 1.165) is 19.3 Å². The third kappa shape index (κ3) is 2.79. The first-order valence-electron chi connectivity index (χ1n) is 7.52. The molecule has 2 aromatic rings. The van der Waals surface area contributed by atoms with Crippen molar-refractivity contribution < 1.29 is 4.79 Å². The average molecular weight is 297 g/mol. The van der Waals surface area contributed by atoms with Crippen molar-refractivity contribution in [3.8, 4) is 0 Å². The summed E-state index contributed by atoms with van der Waals surface area (Å²) in [7, 11) is 1.82. The standard InChI is InChI=1S/C17H19N3O2/c1-19(16(21)12-20-11-5-10-18-17(20)22)15-9-4-7-13-6-2-3-8-14(13)15/h2-3,5-6,8,10-11,15H,4,7,9,12H2,1H3. The normalized spacial score (nSPS) is 16.9. The van der Waals surface area contributed by atoms with Crippen LogP contribution < -0.4 is 5.69 Å². The number of hydrogen-bond acceptors (Lipinski definition) is 3. The highest BCUT2D eigenvalue weighted by atomic mass is 16.2. The Balaban J connectivity index is 1.80. The van der Waals surface area contributed by atoms with Gasteiger partial charge in [0.2, 0.25) is 5.91 Å². The van der Waals surface area contributed by atoms with Gasteiger partial charge >= 0.3 is 5.69 Å². The fraction of sp³-hybridized carbons (Fsp3) is 0.353. The van der Waals surface area contributed by atoms with Crippen LogP contribution in [0.25, 0.3) is 0 Å². The summed E-state index contributed by atoms with van der Waals surface area (Å²) >= 11 is 0. The Morgan fingerprint density at radius 1 is 1.36 bits per heavy atom. The first-order valence-corrected chi connectivity index (χ1v) is 7.52. The number of rotatable bonds is 3. The van der Waals surface area contributed by atoms with Crippen molar-refractivity contribution in [1.29, 1.82) is 0 Å². The van der Waals surface area contributed by atoms with E-state index in [0.29, 0.717) is 0 Å². The molecule has 0 aliphatic heterocycles. The summed E-state index contributed by atoms with van der Waals surface area (Å²) in [4.78, 5) is 29.6. The lowest BCUT2D eigenvalue weighted by atomic mass is 9.87. The molecule has 5 nitrogen and oxygen atoms in total. The zero-order valence-corrected chi connectivity index (χ0v) is 12.6. The number of aryl methyl sites for hydroxylation is 1. The number of likely N-dealkylation sites (N-methyl/N-ethyl adjacent to an activating group) is 1. The van der Waals surface area contributed by atoms with Crippen molar-refractivity contribution >= 4 is 5.91 Å². The Hall–Kier alpha value is -2.43. The second kappa shape index (κ2) is 6.13. The van der Waals surface area contributed by atoms with Crippen LogP contribution in [0.15, 0.2) is 47.5 Å². The first kappa shape index (κ1) is 14.5. The summed E-state index contributed by atoms with van der Waals surface area (Å²) in [5, 5.41) is 0. The first-order chi connectivity index (χ1) is 10.7. The lowest BCUT2D eigenvalue weighted by Crippen LogP contribution is -2.37. The van der Waals surface area contributed by atoms with Gasteiger partial charge in [0.1, 0.15) is 6.54 Å². The molecule has 1 amide bonds. The van der Waals surface area contributed by atoms with E-state index < -0.39 is 5.69 Å². The number of fused-ring (bicyclic) bond motifs is 1. The molecule has 0 saturated heterocycles. The van der Waals surface area contributed by atoms with Gasteiger partial charge in [-0.25, -0.2) is 9.78 Å². The fourth-order valence-corrected chi connectivity index (χ4v) is 3.07. The SMILES string of the molecule is CN(C(=O)Cn1cccnc1=O)C1CCCc2ccccc21. The number of hydrogen-bond donors (Lipinski definition) is 0. The Morgan fingerprint density at radius 2 is 2.18 bits per heavy atom. The summed E-state index contributed by atoms with van der Waals surface area (Å²) in [6.45, 7) is 0.0296. The second-order valence-electron chi connectivity index (χ2n) is 5.64. The van der Waals surface area contributed by atoms with E-state index in [4.69, 9.17) is 0 Å². The van der Waals surface area contributed by atoms with Gasteiger partial charge in [0.15, 0.2) is 0 Å². The number of amides is 1. The molecule has 0 N–H and O–H groups in total. The fourth-order valence-electron chi connectivity index (χ4n) is 3.07. The van der Waals surface area contributed by atoms with Crippen LogP contribution >= 0.6 is 0 Å². The van der Waals surface area contributed by atoms with Crippen LogP contribution in [0, 0.1) is 0 Å². The Kier molecular flexibility index (Phi) is 4.04. The molecular weight excluding hydrogens is 278 g/mol. The van der Waals surface area contributed by atoms with Crippen LogP contribution in [-0.4, -0.2) is 27.4 Å². The number of carbonyl (C=O) groups is 1. The van der Waals surface area contributed by atoms with Crippen LogP contribution in [-0.2, 0) is 17.8 Å². The molecule has 22 heavy (non-hydrogen) atoms. The van der Waals surface area contributed by atoms with Gasteiger partial charge in [0.05, 0.1) is 6.04 Å². The van der Waals surface area contributed by atoms with Gasteiger partial charge in [-0.2, -0.15) is 0 Å². The minimum Gasteiger partial charge on any atom is -0.337 e. The Labute approximate surface area is 129 Å². The predicted molar refractivity (Wildman–Crippen MR) is 83.4 cm³/mol. The van der Waals surface area contributed by atoms with Crippen LogP contribution in [0.4, 0.5) is 0 Å². The minimum atomic E-state index is -0.395. The van der Waals surface area contributed by atoms with Crippen molar-refractivity contribution in [2.75, 3.05) is 7.05 Å². The van der Waals surface area contributed by atoms with Crippen LogP contribution in [0.5, 0.6) is 0 Å². The quantitative estimate of drug-likeness (QED) is 0.867. The zero-order chi connectivity index (χ0) is 15.5. The molecule has 0 spiro atoms. The van der Waals surface area contributed by atoms with Crippen LogP contribution in [0.1, 0.15) is 30.0 Å². The summed E-state index contributed by atoms with van der Waals surface area (Å²) in [5.74, 6) is -0.0724. The van der Waals surface area contributed by atoms with Crippen molar-refractivity contribution in [1.82, 2.24) is 14.5 Å². The smallest absolute Gasteiger partial charge is 0.337 e. The Morgan fingerprint density at radius 3 is 3.00 bits per heavy atom. The van der Waals surface area contributed by atoms with E-state index in [2.05, 4.69) is 17.1 Å². The molecule has 0 bridgehead atoms. The number of nitrogens with zero attached hydrogens (tertiary/aromatic N) is 3. The maximum atomic E-state index is 12.5. The molecule has 1 unspecified atom stereocenters. The number of carbonyl (C=O) groups excluding carboxylic acids is 1. The van der Waals surface area contributed by atoms with Gasteiger partial charge in [-0.05, 0) is 36.5 Å². The van der Waals surface area contributed by atoms with E-state index in [9.17, 15) is 9.59 Å². The third-order valence-corrected chi connectivity index (χ3v) is 4.29. The molecule has 1 aliphatic rings. The molecule has 1 aromatic heterocycles. The molecular formula is C17H19N3O2. The molecule has 5 heteroatoms. The summed E-state index contributed by atoms with van der Waals surface area (Å²) in [5.41, 5.74) is 2.15. The van der Waals surface area contributed by atoms with E-state index >= 15 is 0 Å². The van der Waals surface area contributed by atoms with Crippen molar-refractivity contribution in [2.24, 2.45) is 0 Å². The third-order valence-electron chi connectivity index (χ3n) is 4.29. The molecule has 114 valence electrons. The van der Waals surface area contributed by atoms with E-state index in [1.807, 2.05) is 19.2 Å². The number of aromatic nitrogens is 2. The highest BCUT2D eigenvalue weighted by Crippen LogP contribution is 2.33. The van der Waals surface area contributed by atoms with Crippen molar-refractivity contribution in [3.05, 3.63) is 64.3 Å². The average Bonchev–Trinajstić information content (AvgIpc) is 2.55. The van der Waals surface area contributed by atoms with Crippen LogP contribution in [0.2, 0.25) is 0 Å². The van der Waals surface area contributed by atoms with E-state index in [-0.39, 0.29) is 18.5 Å². The molecule has 1 aromatic carbocycles. The van der Waals surface area contributed by atoms with Gasteiger partial charge in [0.25, 0.3) is 0 Å². The maximum absolute atomic E-state index is 12.5. The predicted octanol–water partition coefficient (Wildman–Crippen LogP) is 1.78. The molecule has 0 fully saturated rings. The zero-order valence-electron chi connectivity index (χ0n) is 12.6. The van der Waals surface area contributed by atoms with E-state index in [1.54, 1.807) is 17.2 Å².